The Kier molecular flexibility index (Phi) is 12.7. The van der Waals surface area contributed by atoms with Gasteiger partial charge in [0.2, 0.25) is 5.88 Å². The molecule has 2 amide bonds. The molecule has 1 saturated heterocycles. The molecule has 1 aromatic carbocycles. The number of nitrogens with zero attached hydrogens (tertiary/aromatic N) is 3. The van der Waals surface area contributed by atoms with Crippen LogP contribution < -0.4 is 9.64 Å². The van der Waals surface area contributed by atoms with Crippen LogP contribution in [0, 0.1) is 0 Å². The summed E-state index contributed by atoms with van der Waals surface area (Å²) in [7, 11) is -4.07. The number of unbranched alkanes of at least 4 members (excludes halogenated alkanes) is 2. The molecule has 1 aromatic rings. The summed E-state index contributed by atoms with van der Waals surface area (Å²) < 4.78 is 37.2. The zero-order valence-electron chi connectivity index (χ0n) is 22.1. The summed E-state index contributed by atoms with van der Waals surface area (Å²) in [6.45, 7) is 5.28. The number of allylic oxidation sites excluding steroid dienone is 4. The van der Waals surface area contributed by atoms with Crippen molar-refractivity contribution in [1.29, 1.82) is 0 Å². The predicted molar refractivity (Wildman–Crippen MR) is 152 cm³/mol. The van der Waals surface area contributed by atoms with Gasteiger partial charge in [0.1, 0.15) is 5.57 Å². The zero-order valence-corrected chi connectivity index (χ0v) is 25.8. The molecule has 0 aliphatic carbocycles. The summed E-state index contributed by atoms with van der Waals surface area (Å²) in [4.78, 5) is 31.0. The second kappa shape index (κ2) is 14.9. The summed E-state index contributed by atoms with van der Waals surface area (Å²) in [5, 5.41) is 0.262. The third-order valence-corrected chi connectivity index (χ3v) is 7.16. The summed E-state index contributed by atoms with van der Waals surface area (Å²) >= 11 is 5.48. The monoisotopic (exact) mass is 570 g/mol. The van der Waals surface area contributed by atoms with Crippen molar-refractivity contribution in [3.8, 4) is 5.75 Å². The van der Waals surface area contributed by atoms with Crippen molar-refractivity contribution in [3.63, 3.8) is 0 Å². The minimum absolute atomic E-state index is 0. The molecule has 12 heteroatoms. The maximum absolute atomic E-state index is 13.1. The van der Waals surface area contributed by atoms with E-state index in [0.717, 1.165) is 31.4 Å². The standard InChI is InChI=1S/C26H33N3O6S2.Na/c1-3-5-16-28-24(30)20(25(31)29(26(28)36)17-6-4-2)12-7-10-15-23-27(18-11-19-37(32,33)34)21-13-8-9-14-22(21)35-23;/h7-10,12-15H,3-6,11,16-19H2,1-2H3,(H,32,33,34);/b10-7+,23-15-;. The third-order valence-electron chi connectivity index (χ3n) is 5.92. The number of ether oxygens (including phenoxy) is 1. The molecular weight excluding hydrogens is 537 g/mol. The second-order valence-corrected chi connectivity index (χ2v) is 10.7. The van der Waals surface area contributed by atoms with Crippen molar-refractivity contribution < 1.29 is 27.3 Å². The van der Waals surface area contributed by atoms with Gasteiger partial charge in [0, 0.05) is 49.2 Å². The Labute approximate surface area is 252 Å². The summed E-state index contributed by atoms with van der Waals surface area (Å²) in [6, 6.07) is 7.33. The van der Waals surface area contributed by atoms with E-state index in [-0.39, 0.29) is 52.4 Å². The van der Waals surface area contributed by atoms with Gasteiger partial charge in [-0.05, 0) is 55.8 Å². The first-order valence-corrected chi connectivity index (χ1v) is 14.5. The molecule has 9 nitrogen and oxygen atoms in total. The Bertz CT molecular complexity index is 1200. The Balaban J connectivity index is 0.00000507. The Morgan fingerprint density at radius 3 is 2.03 bits per heavy atom. The molecule has 2 aliphatic heterocycles. The molecule has 1 radical (unpaired) electrons. The minimum atomic E-state index is -4.07. The number of hydrogen-bond donors (Lipinski definition) is 1. The van der Waals surface area contributed by atoms with Crippen LogP contribution in [0.3, 0.4) is 0 Å². The molecule has 0 bridgehead atoms. The van der Waals surface area contributed by atoms with E-state index >= 15 is 0 Å². The van der Waals surface area contributed by atoms with Crippen LogP contribution in [0.15, 0.2) is 60.0 Å². The molecule has 0 atom stereocenters. The van der Waals surface area contributed by atoms with Crippen molar-refractivity contribution in [3.05, 3.63) is 60.0 Å². The number of rotatable bonds is 12. The Morgan fingerprint density at radius 2 is 1.45 bits per heavy atom. The van der Waals surface area contributed by atoms with Gasteiger partial charge in [0.15, 0.2) is 10.9 Å². The number of carbonyl (C=O) groups is 2. The van der Waals surface area contributed by atoms with Gasteiger partial charge in [-0.2, -0.15) is 8.42 Å². The molecule has 0 saturated carbocycles. The van der Waals surface area contributed by atoms with E-state index in [9.17, 15) is 18.0 Å². The maximum atomic E-state index is 13.1. The van der Waals surface area contributed by atoms with E-state index in [1.165, 1.54) is 15.9 Å². The van der Waals surface area contributed by atoms with E-state index in [0.29, 0.717) is 31.3 Å². The Hall–Kier alpha value is -2.02. The third kappa shape index (κ3) is 8.24. The number of benzene rings is 1. The number of fused-ring (bicyclic) bond motifs is 1. The van der Waals surface area contributed by atoms with Crippen molar-refractivity contribution in [2.45, 2.75) is 46.0 Å². The zero-order chi connectivity index (χ0) is 27.0. The van der Waals surface area contributed by atoms with Crippen LogP contribution in [0.25, 0.3) is 0 Å². The molecule has 1 N–H and O–H groups in total. The maximum Gasteiger partial charge on any atom is 0.265 e. The van der Waals surface area contributed by atoms with E-state index in [2.05, 4.69) is 0 Å². The number of carbonyl (C=O) groups excluding carboxylic acids is 2. The fourth-order valence-corrected chi connectivity index (χ4v) is 4.82. The molecule has 38 heavy (non-hydrogen) atoms. The van der Waals surface area contributed by atoms with E-state index in [1.807, 2.05) is 36.9 Å². The second-order valence-electron chi connectivity index (χ2n) is 8.73. The van der Waals surface area contributed by atoms with E-state index in [1.54, 1.807) is 24.3 Å². The topological polar surface area (TPSA) is 107 Å². The van der Waals surface area contributed by atoms with Crippen LogP contribution in [-0.2, 0) is 19.7 Å². The molecule has 2 aliphatic rings. The van der Waals surface area contributed by atoms with Gasteiger partial charge in [0.05, 0.1) is 11.4 Å². The molecule has 2 heterocycles. The smallest absolute Gasteiger partial charge is 0.265 e. The molecular formula is C26H33N3NaO6S2. The van der Waals surface area contributed by atoms with Crippen molar-refractivity contribution in [1.82, 2.24) is 9.80 Å². The molecule has 0 spiro atoms. The van der Waals surface area contributed by atoms with Crippen molar-refractivity contribution in [2.75, 3.05) is 30.3 Å². The predicted octanol–water partition coefficient (Wildman–Crippen LogP) is 3.66. The SMILES string of the molecule is CCCCN1C(=O)C(=C/C=C/C=C2\Oc3ccccc3N2CCCS(=O)(=O)O)C(=O)N(CCCC)C1=S.[Na]. The number of thiocarbonyl (C=S) groups is 1. The van der Waals surface area contributed by atoms with Crippen LogP contribution in [0.2, 0.25) is 0 Å². The summed E-state index contributed by atoms with van der Waals surface area (Å²) in [5.41, 5.74) is 0.830. The van der Waals surface area contributed by atoms with Crippen LogP contribution in [0.1, 0.15) is 46.0 Å². The molecule has 201 valence electrons. The largest absolute Gasteiger partial charge is 0.439 e. The average molecular weight is 571 g/mol. The first-order chi connectivity index (χ1) is 17.7. The van der Waals surface area contributed by atoms with Gasteiger partial charge in [-0.25, -0.2) is 0 Å². The fourth-order valence-electron chi connectivity index (χ4n) is 3.97. The number of hydrogen-bond acceptors (Lipinski definition) is 7. The van der Waals surface area contributed by atoms with E-state index < -0.39 is 21.9 Å². The number of amides is 2. The van der Waals surface area contributed by atoms with E-state index in [4.69, 9.17) is 21.5 Å². The summed E-state index contributed by atoms with van der Waals surface area (Å²) in [6.07, 6.45) is 9.98. The molecule has 0 unspecified atom stereocenters. The first kappa shape index (κ1) is 32.2. The first-order valence-electron chi connectivity index (χ1n) is 12.4. The average Bonchev–Trinajstić information content (AvgIpc) is 3.20. The number of para-hydroxylation sites is 2. The quantitative estimate of drug-likeness (QED) is 0.133. The molecule has 3 rings (SSSR count). The Morgan fingerprint density at radius 1 is 0.895 bits per heavy atom. The van der Waals surface area contributed by atoms with Crippen LogP contribution in [0.5, 0.6) is 5.75 Å². The van der Waals surface area contributed by atoms with Gasteiger partial charge in [-0.15, -0.1) is 0 Å². The van der Waals surface area contributed by atoms with Gasteiger partial charge in [0.25, 0.3) is 21.9 Å². The van der Waals surface area contributed by atoms with Crippen molar-refractivity contribution >= 4 is 74.5 Å². The molecule has 0 aromatic heterocycles. The number of anilines is 1. The normalized spacial score (nSPS) is 16.8. The van der Waals surface area contributed by atoms with Gasteiger partial charge in [-0.3, -0.25) is 23.9 Å². The van der Waals surface area contributed by atoms with Crippen molar-refractivity contribution in [2.24, 2.45) is 0 Å². The fraction of sp³-hybridized carbons (Fsp3) is 0.423. The minimum Gasteiger partial charge on any atom is -0.439 e. The van der Waals surface area contributed by atoms with Crippen LogP contribution >= 0.6 is 12.2 Å². The van der Waals surface area contributed by atoms with Crippen LogP contribution in [-0.4, -0.2) is 94.6 Å². The molecule has 1 fully saturated rings. The van der Waals surface area contributed by atoms with Crippen LogP contribution in [0.4, 0.5) is 5.69 Å². The van der Waals surface area contributed by atoms with Gasteiger partial charge < -0.3 is 9.64 Å². The summed E-state index contributed by atoms with van der Waals surface area (Å²) in [5.74, 6) is -0.0788. The van der Waals surface area contributed by atoms with Gasteiger partial charge in [-0.1, -0.05) is 51.0 Å². The van der Waals surface area contributed by atoms with Gasteiger partial charge >= 0.3 is 0 Å².